The second kappa shape index (κ2) is 4.18. The highest BCUT2D eigenvalue weighted by Gasteiger charge is 2.27. The zero-order valence-corrected chi connectivity index (χ0v) is 7.45. The van der Waals surface area contributed by atoms with Crippen LogP contribution in [0.4, 0.5) is 0 Å². The van der Waals surface area contributed by atoms with E-state index in [2.05, 4.69) is 0 Å². The lowest BCUT2D eigenvalue weighted by Gasteiger charge is -2.32. The van der Waals surface area contributed by atoms with E-state index in [0.29, 0.717) is 0 Å². The highest BCUT2D eigenvalue weighted by Crippen LogP contribution is 2.14. The zero-order chi connectivity index (χ0) is 9.14. The lowest BCUT2D eigenvalue weighted by atomic mass is 9.87. The molecule has 1 saturated carbocycles. The first kappa shape index (κ1) is 9.92. The van der Waals surface area contributed by atoms with Gasteiger partial charge in [0.15, 0.2) is 0 Å². The van der Waals surface area contributed by atoms with Crippen molar-refractivity contribution in [2.24, 2.45) is 22.9 Å². The average Bonchev–Trinajstić information content (AvgIpc) is 2.07. The molecular formula is C8H20N4. The van der Waals surface area contributed by atoms with Crippen LogP contribution in [0.2, 0.25) is 0 Å². The van der Waals surface area contributed by atoms with Crippen LogP contribution in [0, 0.1) is 0 Å². The van der Waals surface area contributed by atoms with Crippen LogP contribution in [0.5, 0.6) is 0 Å². The van der Waals surface area contributed by atoms with Crippen LogP contribution < -0.4 is 22.9 Å². The third-order valence-electron chi connectivity index (χ3n) is 2.76. The molecule has 0 aliphatic heterocycles. The molecule has 0 bridgehead atoms. The van der Waals surface area contributed by atoms with E-state index in [0.717, 1.165) is 25.7 Å². The van der Waals surface area contributed by atoms with Gasteiger partial charge in [-0.2, -0.15) is 0 Å². The minimum atomic E-state index is -0.139. The SMILES string of the molecule is NC1CCCC[C@H](N)C(N)C1N. The fourth-order valence-electron chi connectivity index (χ4n) is 1.72. The van der Waals surface area contributed by atoms with Gasteiger partial charge in [0, 0.05) is 24.2 Å². The topological polar surface area (TPSA) is 104 Å². The second-order valence-electron chi connectivity index (χ2n) is 3.77. The molecule has 0 aromatic rings. The van der Waals surface area contributed by atoms with Gasteiger partial charge in [-0.1, -0.05) is 12.8 Å². The van der Waals surface area contributed by atoms with E-state index in [4.69, 9.17) is 22.9 Å². The summed E-state index contributed by atoms with van der Waals surface area (Å²) >= 11 is 0. The van der Waals surface area contributed by atoms with Crippen molar-refractivity contribution < 1.29 is 0 Å². The van der Waals surface area contributed by atoms with Gasteiger partial charge in [-0.05, 0) is 12.8 Å². The highest BCUT2D eigenvalue weighted by molar-refractivity contribution is 4.93. The number of rotatable bonds is 0. The van der Waals surface area contributed by atoms with E-state index >= 15 is 0 Å². The Morgan fingerprint density at radius 1 is 0.667 bits per heavy atom. The Hall–Kier alpha value is -0.160. The van der Waals surface area contributed by atoms with Gasteiger partial charge in [0.25, 0.3) is 0 Å². The Bertz CT molecular complexity index is 123. The minimum Gasteiger partial charge on any atom is -0.326 e. The van der Waals surface area contributed by atoms with Gasteiger partial charge in [0.2, 0.25) is 0 Å². The molecule has 3 unspecified atom stereocenters. The van der Waals surface area contributed by atoms with Crippen LogP contribution in [0.15, 0.2) is 0 Å². The molecule has 0 saturated heterocycles. The van der Waals surface area contributed by atoms with Crippen LogP contribution in [-0.2, 0) is 0 Å². The molecule has 0 amide bonds. The fourth-order valence-corrected chi connectivity index (χ4v) is 1.72. The summed E-state index contributed by atoms with van der Waals surface area (Å²) in [6, 6.07) is -0.238. The number of hydrogen-bond donors (Lipinski definition) is 4. The maximum absolute atomic E-state index is 5.85. The van der Waals surface area contributed by atoms with Crippen molar-refractivity contribution in [1.29, 1.82) is 0 Å². The summed E-state index contributed by atoms with van der Waals surface area (Å²) in [5, 5.41) is 0. The molecule has 4 heteroatoms. The minimum absolute atomic E-state index is 0.0198. The van der Waals surface area contributed by atoms with E-state index in [1.165, 1.54) is 0 Å². The van der Waals surface area contributed by atoms with Gasteiger partial charge >= 0.3 is 0 Å². The van der Waals surface area contributed by atoms with Crippen molar-refractivity contribution in [3.63, 3.8) is 0 Å². The monoisotopic (exact) mass is 172 g/mol. The van der Waals surface area contributed by atoms with Crippen molar-refractivity contribution in [1.82, 2.24) is 0 Å². The van der Waals surface area contributed by atoms with Crippen LogP contribution in [-0.4, -0.2) is 24.2 Å². The summed E-state index contributed by atoms with van der Waals surface area (Å²) in [4.78, 5) is 0. The lowest BCUT2D eigenvalue weighted by molar-refractivity contribution is 0.330. The molecule has 1 aliphatic rings. The molecule has 1 aliphatic carbocycles. The second-order valence-corrected chi connectivity index (χ2v) is 3.77. The first-order chi connectivity index (χ1) is 5.63. The van der Waals surface area contributed by atoms with Gasteiger partial charge in [0.05, 0.1) is 0 Å². The first-order valence-corrected chi connectivity index (χ1v) is 4.65. The van der Waals surface area contributed by atoms with Crippen LogP contribution >= 0.6 is 0 Å². The Labute approximate surface area is 73.6 Å². The predicted octanol–water partition coefficient (Wildman–Crippen LogP) is -1.13. The van der Waals surface area contributed by atoms with Gasteiger partial charge in [-0.15, -0.1) is 0 Å². The van der Waals surface area contributed by atoms with Crippen molar-refractivity contribution in [3.8, 4) is 0 Å². The third kappa shape index (κ3) is 2.17. The maximum Gasteiger partial charge on any atom is 0.0361 e. The number of nitrogens with two attached hydrogens (primary N) is 4. The molecule has 4 nitrogen and oxygen atoms in total. The van der Waals surface area contributed by atoms with Crippen molar-refractivity contribution in [2.75, 3.05) is 0 Å². The summed E-state index contributed by atoms with van der Waals surface area (Å²) in [7, 11) is 0. The fraction of sp³-hybridized carbons (Fsp3) is 1.00. The van der Waals surface area contributed by atoms with E-state index in [-0.39, 0.29) is 24.2 Å². The van der Waals surface area contributed by atoms with E-state index < -0.39 is 0 Å². The van der Waals surface area contributed by atoms with E-state index in [9.17, 15) is 0 Å². The maximum atomic E-state index is 5.85. The lowest BCUT2D eigenvalue weighted by Crippen LogP contribution is -2.60. The molecule has 0 aromatic carbocycles. The summed E-state index contributed by atoms with van der Waals surface area (Å²) in [6.07, 6.45) is 4.19. The number of hydrogen-bond acceptors (Lipinski definition) is 4. The van der Waals surface area contributed by atoms with E-state index in [1.807, 2.05) is 0 Å². The first-order valence-electron chi connectivity index (χ1n) is 4.65. The largest absolute Gasteiger partial charge is 0.326 e. The predicted molar refractivity (Wildman–Crippen MR) is 50.4 cm³/mol. The molecule has 1 fully saturated rings. The van der Waals surface area contributed by atoms with Crippen LogP contribution in [0.1, 0.15) is 25.7 Å². The Morgan fingerprint density at radius 2 is 1.00 bits per heavy atom. The zero-order valence-electron chi connectivity index (χ0n) is 7.45. The van der Waals surface area contributed by atoms with Gasteiger partial charge in [0.1, 0.15) is 0 Å². The molecular weight excluding hydrogens is 152 g/mol. The van der Waals surface area contributed by atoms with Crippen molar-refractivity contribution in [3.05, 3.63) is 0 Å². The quantitative estimate of drug-likeness (QED) is 0.371. The molecule has 72 valence electrons. The molecule has 1 rings (SSSR count). The third-order valence-corrected chi connectivity index (χ3v) is 2.76. The Balaban J connectivity index is 2.55. The normalized spacial score (nSPS) is 45.0. The molecule has 12 heavy (non-hydrogen) atoms. The van der Waals surface area contributed by atoms with Crippen LogP contribution in [0.3, 0.4) is 0 Å². The highest BCUT2D eigenvalue weighted by atomic mass is 14.9. The van der Waals surface area contributed by atoms with Gasteiger partial charge in [-0.25, -0.2) is 0 Å². The summed E-state index contributed by atoms with van der Waals surface area (Å²) in [5.74, 6) is 0. The molecule has 0 aromatic heterocycles. The molecule has 4 atom stereocenters. The summed E-state index contributed by atoms with van der Waals surface area (Å²) in [6.45, 7) is 0. The molecule has 0 radical (unpaired) electrons. The molecule has 0 spiro atoms. The Morgan fingerprint density at radius 3 is 1.33 bits per heavy atom. The summed E-state index contributed by atoms with van der Waals surface area (Å²) in [5.41, 5.74) is 23.4. The summed E-state index contributed by atoms with van der Waals surface area (Å²) < 4.78 is 0. The molecule has 8 N–H and O–H groups in total. The molecule has 0 heterocycles. The van der Waals surface area contributed by atoms with Gasteiger partial charge in [-0.3, -0.25) is 0 Å². The van der Waals surface area contributed by atoms with Crippen LogP contribution in [0.25, 0.3) is 0 Å². The van der Waals surface area contributed by atoms with Crippen molar-refractivity contribution in [2.45, 2.75) is 49.9 Å². The Kier molecular flexibility index (Phi) is 3.46. The average molecular weight is 172 g/mol. The van der Waals surface area contributed by atoms with E-state index in [1.54, 1.807) is 0 Å². The van der Waals surface area contributed by atoms with Crippen molar-refractivity contribution >= 4 is 0 Å². The van der Waals surface area contributed by atoms with Gasteiger partial charge < -0.3 is 22.9 Å². The standard InChI is InChI=1S/C8H20N4/c9-5-3-1-2-4-6(10)8(12)7(5)11/h5-8H,1-4,9-12H2/t5-,6?,7?,8?/m0/s1. The smallest absolute Gasteiger partial charge is 0.0361 e.